The monoisotopic (exact) mass is 448 g/mol. The van der Waals surface area contributed by atoms with E-state index in [9.17, 15) is 9.59 Å². The highest BCUT2D eigenvalue weighted by Crippen LogP contribution is 2.29. The number of hydrogen-bond acceptors (Lipinski definition) is 4. The topological polar surface area (TPSA) is 76.7 Å². The maximum absolute atomic E-state index is 11.9. The van der Waals surface area contributed by atoms with E-state index in [1.807, 2.05) is 64.1 Å². The molecule has 0 heterocycles. The lowest BCUT2D eigenvalue weighted by Crippen LogP contribution is -2.45. The van der Waals surface area contributed by atoms with Crippen LogP contribution in [0.4, 0.5) is 0 Å². The molecule has 0 unspecified atom stereocenters. The van der Waals surface area contributed by atoms with E-state index in [1.54, 1.807) is 0 Å². The highest BCUT2D eigenvalue weighted by Gasteiger charge is 2.11. The Bertz CT molecular complexity index is 852. The van der Waals surface area contributed by atoms with Gasteiger partial charge in [0.1, 0.15) is 11.5 Å². The highest BCUT2D eigenvalue weighted by atomic mass is 79.9. The second-order valence-electron chi connectivity index (χ2n) is 6.78. The third-order valence-corrected chi connectivity index (χ3v) is 4.48. The van der Waals surface area contributed by atoms with Crippen LogP contribution in [0.3, 0.4) is 0 Å². The Labute approximate surface area is 173 Å². The van der Waals surface area contributed by atoms with Crippen molar-refractivity contribution in [3.8, 4) is 11.5 Å². The minimum Gasteiger partial charge on any atom is -0.483 e. The molecule has 2 N–H and O–H groups in total. The summed E-state index contributed by atoms with van der Waals surface area (Å²) in [7, 11) is 0. The Morgan fingerprint density at radius 1 is 0.929 bits per heavy atom. The molecule has 0 aliphatic carbocycles. The van der Waals surface area contributed by atoms with Gasteiger partial charge in [0.15, 0.2) is 13.2 Å². The zero-order valence-corrected chi connectivity index (χ0v) is 18.1. The molecule has 0 fully saturated rings. The summed E-state index contributed by atoms with van der Waals surface area (Å²) in [5.41, 5.74) is 7.69. The van der Waals surface area contributed by atoms with E-state index in [0.717, 1.165) is 21.2 Å². The molecule has 0 atom stereocenters. The summed E-state index contributed by atoms with van der Waals surface area (Å²) in [5, 5.41) is 0. The van der Waals surface area contributed by atoms with Crippen molar-refractivity contribution in [1.29, 1.82) is 0 Å². The molecule has 2 aromatic carbocycles. The molecule has 0 aromatic heterocycles. The molecular formula is C21H25BrN2O4. The number of amides is 2. The number of ether oxygens (including phenoxy) is 2. The normalized spacial score (nSPS) is 10.5. The van der Waals surface area contributed by atoms with E-state index in [-0.39, 0.29) is 19.1 Å². The van der Waals surface area contributed by atoms with Crippen LogP contribution in [0.5, 0.6) is 11.5 Å². The molecule has 6 nitrogen and oxygen atoms in total. The lowest BCUT2D eigenvalue weighted by molar-refractivity contribution is -0.131. The molecule has 150 valence electrons. The number of hydrazine groups is 1. The first kappa shape index (κ1) is 21.8. The first-order valence-corrected chi connectivity index (χ1v) is 9.75. The minimum absolute atomic E-state index is 0.199. The van der Waals surface area contributed by atoms with Gasteiger partial charge in [-0.3, -0.25) is 20.4 Å². The number of hydrogen-bond donors (Lipinski definition) is 2. The Hall–Kier alpha value is -2.54. The van der Waals surface area contributed by atoms with Crippen LogP contribution in [-0.4, -0.2) is 25.0 Å². The van der Waals surface area contributed by atoms with E-state index in [4.69, 9.17) is 9.47 Å². The Morgan fingerprint density at radius 2 is 1.50 bits per heavy atom. The molecular weight excluding hydrogens is 424 g/mol. The fraction of sp³-hybridized carbons (Fsp3) is 0.333. The predicted molar refractivity (Wildman–Crippen MR) is 111 cm³/mol. The average Bonchev–Trinajstić information content (AvgIpc) is 2.64. The highest BCUT2D eigenvalue weighted by molar-refractivity contribution is 9.10. The summed E-state index contributed by atoms with van der Waals surface area (Å²) < 4.78 is 12.0. The average molecular weight is 449 g/mol. The van der Waals surface area contributed by atoms with E-state index >= 15 is 0 Å². The molecule has 0 aliphatic rings. The van der Waals surface area contributed by atoms with Gasteiger partial charge in [0.05, 0.1) is 0 Å². The van der Waals surface area contributed by atoms with E-state index < -0.39 is 11.8 Å². The van der Waals surface area contributed by atoms with Gasteiger partial charge in [0.2, 0.25) is 0 Å². The van der Waals surface area contributed by atoms with Crippen LogP contribution in [0.25, 0.3) is 0 Å². The van der Waals surface area contributed by atoms with Crippen molar-refractivity contribution >= 4 is 27.7 Å². The van der Waals surface area contributed by atoms with Gasteiger partial charge < -0.3 is 9.47 Å². The summed E-state index contributed by atoms with van der Waals surface area (Å²) in [5.74, 6) is 0.597. The van der Waals surface area contributed by atoms with Gasteiger partial charge in [0.25, 0.3) is 11.8 Å². The van der Waals surface area contributed by atoms with Crippen molar-refractivity contribution in [2.45, 2.75) is 33.6 Å². The fourth-order valence-electron chi connectivity index (χ4n) is 2.56. The van der Waals surface area contributed by atoms with Crippen LogP contribution >= 0.6 is 15.9 Å². The van der Waals surface area contributed by atoms with Crippen molar-refractivity contribution in [2.75, 3.05) is 13.2 Å². The number of carbonyl (C=O) groups excluding carboxylic acids is 2. The van der Waals surface area contributed by atoms with Gasteiger partial charge >= 0.3 is 0 Å². The lowest BCUT2D eigenvalue weighted by atomic mass is 10.0. The summed E-state index contributed by atoms with van der Waals surface area (Å²) in [6, 6.07) is 11.3. The molecule has 0 saturated heterocycles. The van der Waals surface area contributed by atoms with Crippen molar-refractivity contribution in [1.82, 2.24) is 10.9 Å². The quantitative estimate of drug-likeness (QED) is 0.631. The maximum atomic E-state index is 11.9. The lowest BCUT2D eigenvalue weighted by Gasteiger charge is -2.15. The largest absolute Gasteiger partial charge is 0.483 e. The third kappa shape index (κ3) is 6.56. The number of benzene rings is 2. The second-order valence-corrected chi connectivity index (χ2v) is 7.70. The maximum Gasteiger partial charge on any atom is 0.276 e. The molecule has 0 radical (unpaired) electrons. The summed E-state index contributed by atoms with van der Waals surface area (Å²) in [6.07, 6.45) is 0. The van der Waals surface area contributed by atoms with E-state index in [1.165, 1.54) is 0 Å². The fourth-order valence-corrected chi connectivity index (χ4v) is 2.94. The number of rotatable bonds is 7. The standard InChI is InChI=1S/C21H25BrN2O4/c1-13(2)17-10-16(22)6-8-19(17)28-12-21(26)24-23-20(25)11-27-18-7-5-14(3)9-15(18)4/h5-10,13H,11-12H2,1-4H3,(H,23,25)(H,24,26). The van der Waals surface area contributed by atoms with Gasteiger partial charge in [0, 0.05) is 4.47 Å². The van der Waals surface area contributed by atoms with Gasteiger partial charge in [-0.2, -0.15) is 0 Å². The van der Waals surface area contributed by atoms with Gasteiger partial charge in [-0.15, -0.1) is 0 Å². The van der Waals surface area contributed by atoms with E-state index in [0.29, 0.717) is 11.5 Å². The molecule has 2 rings (SSSR count). The van der Waals surface area contributed by atoms with Crippen molar-refractivity contribution in [2.24, 2.45) is 0 Å². The first-order chi connectivity index (χ1) is 13.3. The summed E-state index contributed by atoms with van der Waals surface area (Å²) >= 11 is 3.43. The molecule has 2 amide bonds. The molecule has 0 aliphatic heterocycles. The van der Waals surface area contributed by atoms with Crippen LogP contribution in [0, 0.1) is 13.8 Å². The van der Waals surface area contributed by atoms with Crippen molar-refractivity contribution in [3.63, 3.8) is 0 Å². The molecule has 7 heteroatoms. The molecule has 0 spiro atoms. The van der Waals surface area contributed by atoms with Gasteiger partial charge in [-0.25, -0.2) is 0 Å². The Balaban J connectivity index is 1.77. The van der Waals surface area contributed by atoms with Crippen LogP contribution < -0.4 is 20.3 Å². The van der Waals surface area contributed by atoms with Crippen LogP contribution in [0.15, 0.2) is 40.9 Å². The molecule has 0 saturated carbocycles. The smallest absolute Gasteiger partial charge is 0.276 e. The van der Waals surface area contributed by atoms with Crippen LogP contribution in [0.2, 0.25) is 0 Å². The zero-order chi connectivity index (χ0) is 20.7. The third-order valence-electron chi connectivity index (χ3n) is 3.98. The van der Waals surface area contributed by atoms with Crippen molar-refractivity contribution < 1.29 is 19.1 Å². The van der Waals surface area contributed by atoms with Gasteiger partial charge in [-0.1, -0.05) is 47.5 Å². The minimum atomic E-state index is -0.461. The number of halogens is 1. The number of aryl methyl sites for hydroxylation is 2. The SMILES string of the molecule is Cc1ccc(OCC(=O)NNC(=O)COc2ccc(Br)cc2C(C)C)c(C)c1. The number of carbonyl (C=O) groups is 2. The Kier molecular flexibility index (Phi) is 7.87. The second kappa shape index (κ2) is 10.1. The van der Waals surface area contributed by atoms with Crippen LogP contribution in [0.1, 0.15) is 36.5 Å². The molecule has 28 heavy (non-hydrogen) atoms. The van der Waals surface area contributed by atoms with E-state index in [2.05, 4.69) is 26.8 Å². The summed E-state index contributed by atoms with van der Waals surface area (Å²) in [6.45, 7) is 7.58. The molecule has 0 bridgehead atoms. The van der Waals surface area contributed by atoms with Crippen molar-refractivity contribution in [3.05, 3.63) is 57.6 Å². The predicted octanol–water partition coefficient (Wildman–Crippen LogP) is 3.79. The molecule has 2 aromatic rings. The van der Waals surface area contributed by atoms with Crippen LogP contribution in [-0.2, 0) is 9.59 Å². The number of nitrogens with one attached hydrogen (secondary N) is 2. The Morgan fingerprint density at radius 3 is 2.07 bits per heavy atom. The summed E-state index contributed by atoms with van der Waals surface area (Å²) in [4.78, 5) is 23.8. The zero-order valence-electron chi connectivity index (χ0n) is 16.5. The first-order valence-electron chi connectivity index (χ1n) is 8.96. The van der Waals surface area contributed by atoms with Gasteiger partial charge in [-0.05, 0) is 55.2 Å².